The minimum Gasteiger partial charge on any atom is -0.348 e. The Kier molecular flexibility index (Phi) is 7.06. The molecule has 1 aliphatic heterocycles. The van der Waals surface area contributed by atoms with Gasteiger partial charge in [0.25, 0.3) is 0 Å². The van der Waals surface area contributed by atoms with Crippen LogP contribution in [0.15, 0.2) is 5.16 Å². The molecular formula is C17H29N7O2S. The molecule has 2 heterocycles. The second-order valence-electron chi connectivity index (χ2n) is 7.43. The number of nitrogens with zero attached hydrogens (tertiary/aromatic N) is 7. The normalized spacial score (nSPS) is 19.3. The Labute approximate surface area is 164 Å². The average molecular weight is 396 g/mol. The zero-order valence-electron chi connectivity index (χ0n) is 16.2. The van der Waals surface area contributed by atoms with Crippen LogP contribution >= 0.6 is 11.8 Å². The molecule has 10 heteroatoms. The third kappa shape index (κ3) is 5.41. The van der Waals surface area contributed by atoms with E-state index in [0.29, 0.717) is 31.4 Å². The number of hydrogen-bond acceptors (Lipinski definition) is 7. The predicted octanol–water partition coefficient (Wildman–Crippen LogP) is 0.503. The van der Waals surface area contributed by atoms with Crippen LogP contribution in [0, 0.1) is 0 Å². The van der Waals surface area contributed by atoms with Gasteiger partial charge in [0.2, 0.25) is 17.0 Å². The van der Waals surface area contributed by atoms with Crippen LogP contribution in [0.1, 0.15) is 38.1 Å². The van der Waals surface area contributed by atoms with E-state index in [1.807, 2.05) is 9.58 Å². The summed E-state index contributed by atoms with van der Waals surface area (Å²) in [5.41, 5.74) is 0. The fourth-order valence-corrected chi connectivity index (χ4v) is 4.39. The maximum Gasteiger partial charge on any atom is 0.236 e. The smallest absolute Gasteiger partial charge is 0.236 e. The van der Waals surface area contributed by atoms with E-state index in [9.17, 15) is 9.59 Å². The van der Waals surface area contributed by atoms with E-state index in [1.54, 1.807) is 19.0 Å². The Morgan fingerprint density at radius 3 is 2.48 bits per heavy atom. The second kappa shape index (κ2) is 9.50. The number of carbonyl (C=O) groups excluding carboxylic acids is 2. The molecule has 1 aromatic rings. The average Bonchev–Trinajstić information content (AvgIpc) is 3.16. The van der Waals surface area contributed by atoms with Crippen molar-refractivity contribution in [2.45, 2.75) is 43.3 Å². The van der Waals surface area contributed by atoms with Gasteiger partial charge >= 0.3 is 0 Å². The van der Waals surface area contributed by atoms with Crippen molar-refractivity contribution in [1.29, 1.82) is 0 Å². The summed E-state index contributed by atoms with van der Waals surface area (Å²) in [4.78, 5) is 29.9. The van der Waals surface area contributed by atoms with Gasteiger partial charge in [0, 0.05) is 40.3 Å². The van der Waals surface area contributed by atoms with Crippen LogP contribution in [0.25, 0.3) is 0 Å². The molecule has 0 spiro atoms. The van der Waals surface area contributed by atoms with Gasteiger partial charge < -0.3 is 9.80 Å². The summed E-state index contributed by atoms with van der Waals surface area (Å²) in [7, 11) is 3.53. The van der Waals surface area contributed by atoms with Gasteiger partial charge in [-0.05, 0) is 23.3 Å². The highest BCUT2D eigenvalue weighted by Crippen LogP contribution is 2.30. The first-order valence-electron chi connectivity index (χ1n) is 9.65. The Morgan fingerprint density at radius 2 is 1.81 bits per heavy atom. The van der Waals surface area contributed by atoms with E-state index in [1.165, 1.54) is 31.0 Å². The lowest BCUT2D eigenvalue weighted by Gasteiger charge is -2.34. The monoisotopic (exact) mass is 395 g/mol. The Balaban J connectivity index is 1.44. The topological polar surface area (TPSA) is 87.5 Å². The first kappa shape index (κ1) is 20.1. The Morgan fingerprint density at radius 1 is 1.11 bits per heavy atom. The van der Waals surface area contributed by atoms with Gasteiger partial charge in [-0.2, -0.15) is 0 Å². The van der Waals surface area contributed by atoms with Crippen molar-refractivity contribution < 1.29 is 9.59 Å². The summed E-state index contributed by atoms with van der Waals surface area (Å²) < 4.78 is 1.90. The van der Waals surface area contributed by atoms with Crippen LogP contribution in [0.2, 0.25) is 0 Å². The molecule has 0 atom stereocenters. The van der Waals surface area contributed by atoms with Crippen LogP contribution < -0.4 is 0 Å². The van der Waals surface area contributed by atoms with Crippen molar-refractivity contribution in [3.63, 3.8) is 0 Å². The van der Waals surface area contributed by atoms with Gasteiger partial charge in [0.15, 0.2) is 0 Å². The highest BCUT2D eigenvalue weighted by molar-refractivity contribution is 7.99. The Hall–Kier alpha value is -1.68. The van der Waals surface area contributed by atoms with Crippen molar-refractivity contribution >= 4 is 23.6 Å². The van der Waals surface area contributed by atoms with E-state index >= 15 is 0 Å². The molecule has 1 aliphatic carbocycles. The number of carbonyl (C=O) groups is 2. The van der Waals surface area contributed by atoms with Gasteiger partial charge in [-0.3, -0.25) is 14.5 Å². The van der Waals surface area contributed by atoms with Crippen LogP contribution in [-0.2, 0) is 9.59 Å². The molecule has 27 heavy (non-hydrogen) atoms. The lowest BCUT2D eigenvalue weighted by Crippen LogP contribution is -2.51. The zero-order chi connectivity index (χ0) is 19.2. The van der Waals surface area contributed by atoms with Gasteiger partial charge in [0.1, 0.15) is 0 Å². The third-order valence-electron chi connectivity index (χ3n) is 5.29. The van der Waals surface area contributed by atoms with Crippen LogP contribution in [0.4, 0.5) is 0 Å². The summed E-state index contributed by atoms with van der Waals surface area (Å²) in [5, 5.41) is 12.8. The molecule has 0 aromatic carbocycles. The quantitative estimate of drug-likeness (QED) is 0.648. The first-order chi connectivity index (χ1) is 13.0. The highest BCUT2D eigenvalue weighted by Gasteiger charge is 2.25. The van der Waals surface area contributed by atoms with E-state index in [0.717, 1.165) is 31.1 Å². The molecule has 150 valence electrons. The number of amides is 2. The SMILES string of the molecule is CN(C)C(=O)CN1CCN(C(=O)CSc2nnnn2C2CCCCC2)CC1. The largest absolute Gasteiger partial charge is 0.348 e. The number of hydrogen-bond donors (Lipinski definition) is 0. The van der Waals surface area contributed by atoms with Crippen LogP contribution in [0.3, 0.4) is 0 Å². The molecule has 1 saturated carbocycles. The van der Waals surface area contributed by atoms with E-state index < -0.39 is 0 Å². The van der Waals surface area contributed by atoms with Gasteiger partial charge in [-0.25, -0.2) is 4.68 Å². The minimum atomic E-state index is 0.0971. The molecule has 9 nitrogen and oxygen atoms in total. The van der Waals surface area contributed by atoms with Gasteiger partial charge in [-0.1, -0.05) is 31.0 Å². The maximum absolute atomic E-state index is 12.6. The molecule has 0 bridgehead atoms. The first-order valence-corrected chi connectivity index (χ1v) is 10.6. The second-order valence-corrected chi connectivity index (χ2v) is 8.37. The number of piperazine rings is 1. The number of tetrazole rings is 1. The molecule has 0 radical (unpaired) electrons. The van der Waals surface area contributed by atoms with Gasteiger partial charge in [0.05, 0.1) is 18.3 Å². The minimum absolute atomic E-state index is 0.0971. The van der Waals surface area contributed by atoms with Crippen molar-refractivity contribution in [1.82, 2.24) is 34.9 Å². The van der Waals surface area contributed by atoms with Crippen LogP contribution in [0.5, 0.6) is 0 Å². The van der Waals surface area contributed by atoms with E-state index in [2.05, 4.69) is 20.4 Å². The summed E-state index contributed by atoms with van der Waals surface area (Å²) in [6, 6.07) is 0.365. The molecule has 1 aromatic heterocycles. The molecule has 2 amide bonds. The predicted molar refractivity (Wildman–Crippen MR) is 102 cm³/mol. The number of thioether (sulfide) groups is 1. The number of likely N-dealkylation sites (N-methyl/N-ethyl adjacent to an activating group) is 1. The molecule has 3 rings (SSSR count). The summed E-state index contributed by atoms with van der Waals surface area (Å²) in [6.45, 7) is 3.20. The summed E-state index contributed by atoms with van der Waals surface area (Å²) in [5.74, 6) is 0.556. The van der Waals surface area contributed by atoms with E-state index in [4.69, 9.17) is 0 Å². The molecule has 0 unspecified atom stereocenters. The van der Waals surface area contributed by atoms with Crippen LogP contribution in [-0.4, -0.2) is 99.3 Å². The maximum atomic E-state index is 12.6. The van der Waals surface area contributed by atoms with Crippen molar-refractivity contribution in [2.75, 3.05) is 52.6 Å². The molecule has 0 N–H and O–H groups in total. The number of rotatable bonds is 6. The lowest BCUT2D eigenvalue weighted by molar-refractivity contribution is -0.132. The standard InChI is InChI=1S/C17H29N7O2S/c1-21(2)15(25)12-22-8-10-23(11-9-22)16(26)13-27-17-18-19-20-24(17)14-6-4-3-5-7-14/h14H,3-13H2,1-2H3. The number of aromatic nitrogens is 4. The fraction of sp³-hybridized carbons (Fsp3) is 0.824. The fourth-order valence-electron chi connectivity index (χ4n) is 3.54. The Bertz CT molecular complexity index is 637. The van der Waals surface area contributed by atoms with Crippen molar-refractivity contribution in [2.24, 2.45) is 0 Å². The summed E-state index contributed by atoms with van der Waals surface area (Å²) in [6.07, 6.45) is 5.94. The molecule has 1 saturated heterocycles. The zero-order valence-corrected chi connectivity index (χ0v) is 17.0. The van der Waals surface area contributed by atoms with Gasteiger partial charge in [-0.15, -0.1) is 5.10 Å². The van der Waals surface area contributed by atoms with Crippen molar-refractivity contribution in [3.05, 3.63) is 0 Å². The molecular weight excluding hydrogens is 366 g/mol. The molecule has 2 fully saturated rings. The highest BCUT2D eigenvalue weighted by atomic mass is 32.2. The summed E-state index contributed by atoms with van der Waals surface area (Å²) >= 11 is 1.43. The third-order valence-corrected chi connectivity index (χ3v) is 6.21. The van der Waals surface area contributed by atoms with E-state index in [-0.39, 0.29) is 11.8 Å². The molecule has 2 aliphatic rings. The van der Waals surface area contributed by atoms with Crippen molar-refractivity contribution in [3.8, 4) is 0 Å². The lowest BCUT2D eigenvalue weighted by atomic mass is 9.96.